The summed E-state index contributed by atoms with van der Waals surface area (Å²) >= 11 is 0. The molecule has 0 radical (unpaired) electrons. The van der Waals surface area contributed by atoms with Gasteiger partial charge in [0.1, 0.15) is 11.4 Å². The van der Waals surface area contributed by atoms with Gasteiger partial charge < -0.3 is 5.32 Å². The van der Waals surface area contributed by atoms with E-state index in [1.165, 1.54) is 28.9 Å². The Morgan fingerprint density at radius 2 is 1.34 bits per heavy atom. The Labute approximate surface area is 217 Å². The smallest absolute Gasteiger partial charge is 0.294 e. The van der Waals surface area contributed by atoms with Crippen LogP contribution in [0, 0.1) is 6.92 Å². The SMILES string of the molecule is CCNC(=O)c1cc(-c2cn(-c3ccc(C)cc3)nn2)nc(-c2cn(-c3ccc(S(=O)(=O)O)cc3)nn2)c1. The molecule has 5 aromatic rings. The van der Waals surface area contributed by atoms with Gasteiger partial charge in [0.2, 0.25) is 0 Å². The first-order valence-electron chi connectivity index (χ1n) is 11.5. The summed E-state index contributed by atoms with van der Waals surface area (Å²) < 4.78 is 34.9. The predicted octanol–water partition coefficient (Wildman–Crippen LogP) is 2.88. The minimum Gasteiger partial charge on any atom is -0.352 e. The summed E-state index contributed by atoms with van der Waals surface area (Å²) in [4.78, 5) is 17.2. The van der Waals surface area contributed by atoms with E-state index in [0.29, 0.717) is 40.6 Å². The molecular weight excluding hydrogens is 508 g/mol. The molecule has 5 rings (SSSR count). The Morgan fingerprint density at radius 3 is 1.82 bits per heavy atom. The zero-order chi connectivity index (χ0) is 26.9. The molecule has 3 heterocycles. The maximum Gasteiger partial charge on any atom is 0.294 e. The maximum absolute atomic E-state index is 12.7. The van der Waals surface area contributed by atoms with Crippen LogP contribution >= 0.6 is 0 Å². The highest BCUT2D eigenvalue weighted by Gasteiger charge is 2.17. The van der Waals surface area contributed by atoms with Crippen LogP contribution in [0.1, 0.15) is 22.8 Å². The fourth-order valence-electron chi connectivity index (χ4n) is 3.67. The molecule has 0 saturated carbocycles. The number of carbonyl (C=O) groups excluding carboxylic acids is 1. The van der Waals surface area contributed by atoms with Gasteiger partial charge in [-0.1, -0.05) is 28.1 Å². The van der Waals surface area contributed by atoms with Gasteiger partial charge in [-0.2, -0.15) is 8.42 Å². The molecule has 0 saturated heterocycles. The molecule has 0 fully saturated rings. The lowest BCUT2D eigenvalue weighted by atomic mass is 10.1. The lowest BCUT2D eigenvalue weighted by Gasteiger charge is -2.06. The third kappa shape index (κ3) is 5.19. The Hall–Kier alpha value is -4.75. The molecule has 38 heavy (non-hydrogen) atoms. The van der Waals surface area contributed by atoms with Gasteiger partial charge >= 0.3 is 0 Å². The molecule has 0 spiro atoms. The van der Waals surface area contributed by atoms with E-state index in [1.54, 1.807) is 29.2 Å². The molecule has 2 aromatic carbocycles. The molecule has 192 valence electrons. The van der Waals surface area contributed by atoms with E-state index in [0.717, 1.165) is 11.3 Å². The molecule has 13 heteroatoms. The lowest BCUT2D eigenvalue weighted by molar-refractivity contribution is 0.0955. The van der Waals surface area contributed by atoms with Gasteiger partial charge in [0.15, 0.2) is 0 Å². The number of nitrogens with one attached hydrogen (secondary N) is 1. The number of carbonyl (C=O) groups is 1. The van der Waals surface area contributed by atoms with Gasteiger partial charge in [-0.25, -0.2) is 14.3 Å². The van der Waals surface area contributed by atoms with Crippen molar-refractivity contribution < 1.29 is 17.8 Å². The average molecular weight is 531 g/mol. The number of hydrogen-bond donors (Lipinski definition) is 2. The van der Waals surface area contributed by atoms with Gasteiger partial charge in [0.25, 0.3) is 16.0 Å². The van der Waals surface area contributed by atoms with Crippen LogP contribution in [-0.4, -0.2) is 60.4 Å². The lowest BCUT2D eigenvalue weighted by Crippen LogP contribution is -2.22. The second-order valence-electron chi connectivity index (χ2n) is 8.39. The van der Waals surface area contributed by atoms with Crippen molar-refractivity contribution in [2.24, 2.45) is 0 Å². The van der Waals surface area contributed by atoms with Gasteiger partial charge in [0, 0.05) is 12.1 Å². The maximum atomic E-state index is 12.7. The number of pyridine rings is 1. The van der Waals surface area contributed by atoms with Crippen LogP contribution < -0.4 is 5.32 Å². The molecule has 0 unspecified atom stereocenters. The summed E-state index contributed by atoms with van der Waals surface area (Å²) in [5.74, 6) is -0.281. The van der Waals surface area contributed by atoms with Crippen molar-refractivity contribution in [3.8, 4) is 34.2 Å². The van der Waals surface area contributed by atoms with Crippen molar-refractivity contribution in [2.75, 3.05) is 6.54 Å². The number of amides is 1. The standard InChI is InChI=1S/C25H22N8O4S/c1-3-26-25(34)17-12-21(23-14-32(30-28-23)18-6-4-16(2)5-7-18)27-22(13-17)24-15-33(31-29-24)19-8-10-20(11-9-19)38(35,36)37/h4-15H,3H2,1-2H3,(H,26,34)(H,35,36,37). The summed E-state index contributed by atoms with van der Waals surface area (Å²) in [5, 5.41) is 19.5. The molecule has 3 aromatic heterocycles. The minimum atomic E-state index is -4.31. The van der Waals surface area contributed by atoms with Crippen molar-refractivity contribution in [2.45, 2.75) is 18.7 Å². The number of aromatic nitrogens is 7. The van der Waals surface area contributed by atoms with Crippen LogP contribution in [0.15, 0.2) is 78.0 Å². The number of nitrogens with zero attached hydrogens (tertiary/aromatic N) is 7. The normalized spacial score (nSPS) is 11.4. The fourth-order valence-corrected chi connectivity index (χ4v) is 4.15. The van der Waals surface area contributed by atoms with Crippen LogP contribution in [0.2, 0.25) is 0 Å². The summed E-state index contributed by atoms with van der Waals surface area (Å²) in [6, 6.07) is 16.5. The largest absolute Gasteiger partial charge is 0.352 e. The monoisotopic (exact) mass is 530 g/mol. The van der Waals surface area contributed by atoms with Crippen molar-refractivity contribution in [1.82, 2.24) is 40.3 Å². The quantitative estimate of drug-likeness (QED) is 0.302. The highest BCUT2D eigenvalue weighted by molar-refractivity contribution is 7.85. The predicted molar refractivity (Wildman–Crippen MR) is 138 cm³/mol. The van der Waals surface area contributed by atoms with E-state index in [1.807, 2.05) is 38.1 Å². The second-order valence-corrected chi connectivity index (χ2v) is 9.81. The zero-order valence-corrected chi connectivity index (χ0v) is 21.2. The van der Waals surface area contributed by atoms with Gasteiger partial charge in [0.05, 0.1) is 40.1 Å². The van der Waals surface area contributed by atoms with E-state index in [4.69, 9.17) is 0 Å². The molecule has 0 atom stereocenters. The first kappa shape index (κ1) is 24.9. The first-order valence-corrected chi connectivity index (χ1v) is 13.0. The molecular formula is C25H22N8O4S. The van der Waals surface area contributed by atoms with Crippen molar-refractivity contribution >= 4 is 16.0 Å². The molecule has 0 bridgehead atoms. The zero-order valence-electron chi connectivity index (χ0n) is 20.3. The average Bonchev–Trinajstić information content (AvgIpc) is 3.60. The summed E-state index contributed by atoms with van der Waals surface area (Å²) in [7, 11) is -4.31. The molecule has 12 nitrogen and oxygen atoms in total. The third-order valence-electron chi connectivity index (χ3n) is 5.63. The van der Waals surface area contributed by atoms with E-state index >= 15 is 0 Å². The van der Waals surface area contributed by atoms with E-state index in [-0.39, 0.29) is 10.8 Å². The Morgan fingerprint density at radius 1 is 0.842 bits per heavy atom. The van der Waals surface area contributed by atoms with Gasteiger partial charge in [-0.3, -0.25) is 9.35 Å². The molecule has 0 aliphatic carbocycles. The van der Waals surface area contributed by atoms with Crippen LogP contribution in [0.5, 0.6) is 0 Å². The summed E-state index contributed by atoms with van der Waals surface area (Å²) in [5.41, 5.74) is 4.48. The van der Waals surface area contributed by atoms with Crippen molar-refractivity contribution in [3.63, 3.8) is 0 Å². The molecule has 1 amide bonds. The summed E-state index contributed by atoms with van der Waals surface area (Å²) in [6.07, 6.45) is 3.32. The highest BCUT2D eigenvalue weighted by Crippen LogP contribution is 2.24. The Kier molecular flexibility index (Phi) is 6.53. The van der Waals surface area contributed by atoms with E-state index in [9.17, 15) is 17.8 Å². The number of hydrogen-bond acceptors (Lipinski definition) is 8. The Bertz CT molecular complexity index is 1730. The van der Waals surface area contributed by atoms with E-state index < -0.39 is 10.1 Å². The molecule has 2 N–H and O–H groups in total. The number of benzene rings is 2. The van der Waals surface area contributed by atoms with Gasteiger partial charge in [-0.15, -0.1) is 10.2 Å². The Balaban J connectivity index is 1.52. The van der Waals surface area contributed by atoms with Crippen molar-refractivity contribution in [1.29, 1.82) is 0 Å². The van der Waals surface area contributed by atoms with Crippen LogP contribution in [0.25, 0.3) is 34.2 Å². The highest BCUT2D eigenvalue weighted by atomic mass is 32.2. The van der Waals surface area contributed by atoms with Crippen LogP contribution in [0.4, 0.5) is 0 Å². The third-order valence-corrected chi connectivity index (χ3v) is 6.50. The topological polar surface area (TPSA) is 158 Å². The minimum absolute atomic E-state index is 0.235. The fraction of sp³-hybridized carbons (Fsp3) is 0.120. The second kappa shape index (κ2) is 9.95. The van der Waals surface area contributed by atoms with Crippen LogP contribution in [0.3, 0.4) is 0 Å². The molecule has 0 aliphatic heterocycles. The van der Waals surface area contributed by atoms with Crippen LogP contribution in [-0.2, 0) is 10.1 Å². The molecule has 0 aliphatic rings. The van der Waals surface area contributed by atoms with Crippen molar-refractivity contribution in [3.05, 3.63) is 84.2 Å². The number of aryl methyl sites for hydroxylation is 1. The van der Waals surface area contributed by atoms with E-state index in [2.05, 4.69) is 30.9 Å². The van der Waals surface area contributed by atoms with Gasteiger partial charge in [-0.05, 0) is 62.4 Å². The number of rotatable bonds is 7. The summed E-state index contributed by atoms with van der Waals surface area (Å²) in [6.45, 7) is 4.28. The first-order chi connectivity index (χ1) is 18.2.